The second-order valence-electron chi connectivity index (χ2n) is 9.70. The van der Waals surface area contributed by atoms with Crippen LogP contribution in [0.15, 0.2) is 48.5 Å². The van der Waals surface area contributed by atoms with E-state index in [9.17, 15) is 14.7 Å². The van der Waals surface area contributed by atoms with Crippen LogP contribution < -0.4 is 4.90 Å². The van der Waals surface area contributed by atoms with E-state index < -0.39 is 29.4 Å². The topological polar surface area (TPSA) is 79.7 Å². The van der Waals surface area contributed by atoms with Gasteiger partial charge in [-0.15, -0.1) is 11.3 Å². The van der Waals surface area contributed by atoms with Gasteiger partial charge in [-0.2, -0.15) is 0 Å². The summed E-state index contributed by atoms with van der Waals surface area (Å²) in [6.07, 6.45) is -1.52. The van der Waals surface area contributed by atoms with Gasteiger partial charge in [0.25, 0.3) is 5.91 Å². The van der Waals surface area contributed by atoms with Crippen LogP contribution in [0.2, 0.25) is 10.0 Å². The van der Waals surface area contributed by atoms with E-state index in [-0.39, 0.29) is 31.4 Å². The Hall–Kier alpha value is -3.04. The van der Waals surface area contributed by atoms with Gasteiger partial charge < -0.3 is 14.7 Å². The number of para-hydroxylation sites is 1. The number of amides is 1. The summed E-state index contributed by atoms with van der Waals surface area (Å²) in [5.41, 5.74) is 0.603. The first-order valence-electron chi connectivity index (χ1n) is 11.6. The molecule has 6 nitrogen and oxygen atoms in total. The van der Waals surface area contributed by atoms with Crippen molar-refractivity contribution in [3.8, 4) is 11.1 Å². The van der Waals surface area contributed by atoms with E-state index in [1.54, 1.807) is 64.2 Å². The summed E-state index contributed by atoms with van der Waals surface area (Å²) in [5, 5.41) is 10.8. The van der Waals surface area contributed by atoms with Crippen molar-refractivity contribution in [3.05, 3.63) is 80.5 Å². The van der Waals surface area contributed by atoms with Gasteiger partial charge in [0, 0.05) is 39.5 Å². The van der Waals surface area contributed by atoms with E-state index in [1.807, 2.05) is 6.07 Å². The largest absolute Gasteiger partial charge is 0.479 e. The highest BCUT2D eigenvalue weighted by atomic mass is 35.5. The maximum absolute atomic E-state index is 15.9. The molecule has 1 aromatic heterocycles. The summed E-state index contributed by atoms with van der Waals surface area (Å²) in [7, 11) is 1.60. The van der Waals surface area contributed by atoms with E-state index in [1.165, 1.54) is 17.9 Å². The van der Waals surface area contributed by atoms with Crippen LogP contribution in [0, 0.1) is 12.7 Å². The molecule has 4 aromatic rings. The number of carboxylic acid groups (broad SMARTS) is 1. The van der Waals surface area contributed by atoms with Gasteiger partial charge >= 0.3 is 5.97 Å². The summed E-state index contributed by atoms with van der Waals surface area (Å²) >= 11 is 13.7. The van der Waals surface area contributed by atoms with E-state index in [0.29, 0.717) is 21.8 Å². The van der Waals surface area contributed by atoms with Crippen LogP contribution >= 0.6 is 34.5 Å². The SMILES string of the molecule is Cc1c(C(OC(C)(C)C)C(=O)O)c(-c2ccc(Cl)cc2Cl)c2sc(C(=O)N(C)c3ccccc3)nc2c1F. The van der Waals surface area contributed by atoms with Gasteiger partial charge in [0.05, 0.1) is 10.3 Å². The summed E-state index contributed by atoms with van der Waals surface area (Å²) in [4.78, 5) is 31.6. The Balaban J connectivity index is 2.04. The predicted molar refractivity (Wildman–Crippen MR) is 150 cm³/mol. The number of hydrogen-bond donors (Lipinski definition) is 1. The lowest BCUT2D eigenvalue weighted by atomic mass is 9.90. The minimum atomic E-state index is -1.52. The first kappa shape index (κ1) is 28.0. The van der Waals surface area contributed by atoms with Crippen LogP contribution in [0.25, 0.3) is 21.3 Å². The van der Waals surface area contributed by atoms with E-state index in [0.717, 1.165) is 11.3 Å². The minimum Gasteiger partial charge on any atom is -0.479 e. The van der Waals surface area contributed by atoms with Crippen LogP contribution in [-0.4, -0.2) is 34.6 Å². The molecule has 0 fully saturated rings. The molecular weight excluding hydrogens is 550 g/mol. The third-order valence-corrected chi connectivity index (χ3v) is 7.46. The summed E-state index contributed by atoms with van der Waals surface area (Å²) < 4.78 is 22.1. The van der Waals surface area contributed by atoms with Gasteiger partial charge in [0.2, 0.25) is 0 Å². The molecule has 4 rings (SSSR count). The maximum Gasteiger partial charge on any atom is 0.337 e. The zero-order chi connectivity index (χ0) is 27.9. The maximum atomic E-state index is 15.9. The molecule has 1 unspecified atom stereocenters. The second kappa shape index (κ2) is 10.6. The van der Waals surface area contributed by atoms with Crippen LogP contribution in [0.4, 0.5) is 10.1 Å². The highest BCUT2D eigenvalue weighted by Gasteiger charge is 2.35. The lowest BCUT2D eigenvalue weighted by Crippen LogP contribution is -2.28. The van der Waals surface area contributed by atoms with Crippen molar-refractivity contribution in [2.45, 2.75) is 39.4 Å². The fourth-order valence-electron chi connectivity index (χ4n) is 4.12. The van der Waals surface area contributed by atoms with Gasteiger partial charge in [0.15, 0.2) is 16.9 Å². The van der Waals surface area contributed by atoms with E-state index in [4.69, 9.17) is 27.9 Å². The van der Waals surface area contributed by atoms with Gasteiger partial charge in [-0.3, -0.25) is 4.79 Å². The predicted octanol–water partition coefficient (Wildman–Crippen LogP) is 7.94. The second-order valence-corrected chi connectivity index (χ2v) is 11.5. The standard InChI is InChI=1S/C28H25Cl2FN2O4S/c1-14-19(23(27(35)36)37-28(2,3)4)20(17-12-11-15(29)13-18(17)30)24-22(21(14)31)32-25(38-24)26(34)33(5)16-9-7-6-8-10-16/h6-13,23H,1-5H3,(H,35,36). The number of hydrogen-bond acceptors (Lipinski definition) is 5. The summed E-state index contributed by atoms with van der Waals surface area (Å²) in [6, 6.07) is 13.7. The Kier molecular flexibility index (Phi) is 7.81. The number of halogens is 3. The number of aromatic nitrogens is 1. The fraction of sp³-hybridized carbons (Fsp3) is 0.250. The molecule has 0 spiro atoms. The number of benzene rings is 3. The smallest absolute Gasteiger partial charge is 0.337 e. The first-order chi connectivity index (χ1) is 17.8. The van der Waals surface area contributed by atoms with Crippen LogP contribution in [0.1, 0.15) is 47.8 Å². The van der Waals surface area contributed by atoms with Crippen LogP contribution in [0.3, 0.4) is 0 Å². The van der Waals surface area contributed by atoms with Crippen molar-refractivity contribution < 1.29 is 23.8 Å². The number of thiazole rings is 1. The van der Waals surface area contributed by atoms with Gasteiger partial charge in [0.1, 0.15) is 5.52 Å². The van der Waals surface area contributed by atoms with Crippen molar-refractivity contribution in [1.82, 2.24) is 4.98 Å². The van der Waals surface area contributed by atoms with Crippen LogP contribution in [-0.2, 0) is 9.53 Å². The molecule has 0 saturated heterocycles. The molecule has 1 heterocycles. The van der Waals surface area contributed by atoms with Crippen molar-refractivity contribution in [2.24, 2.45) is 0 Å². The van der Waals surface area contributed by atoms with Crippen molar-refractivity contribution in [3.63, 3.8) is 0 Å². The highest BCUT2D eigenvalue weighted by Crippen LogP contribution is 2.46. The summed E-state index contributed by atoms with van der Waals surface area (Å²) in [6.45, 7) is 6.61. The average molecular weight is 575 g/mol. The molecule has 0 aliphatic carbocycles. The lowest BCUT2D eigenvalue weighted by molar-refractivity contribution is -0.160. The Morgan fingerprint density at radius 1 is 1.13 bits per heavy atom. The number of aliphatic carboxylic acids is 1. The third-order valence-electron chi connectivity index (χ3n) is 5.85. The zero-order valence-corrected chi connectivity index (χ0v) is 23.6. The Labute approximate surface area is 233 Å². The number of anilines is 1. The van der Waals surface area contributed by atoms with Gasteiger partial charge in [-0.1, -0.05) is 47.5 Å². The Morgan fingerprint density at radius 2 is 1.79 bits per heavy atom. The van der Waals surface area contributed by atoms with Gasteiger partial charge in [-0.05, 0) is 57.5 Å². The number of ether oxygens (including phenoxy) is 1. The van der Waals surface area contributed by atoms with Crippen LogP contribution in [0.5, 0.6) is 0 Å². The van der Waals surface area contributed by atoms with Gasteiger partial charge in [-0.25, -0.2) is 14.2 Å². The monoisotopic (exact) mass is 574 g/mol. The molecule has 1 N–H and O–H groups in total. The van der Waals surface area contributed by atoms with Crippen molar-refractivity contribution in [2.75, 3.05) is 11.9 Å². The fourth-order valence-corrected chi connectivity index (χ4v) is 5.73. The number of carbonyl (C=O) groups excluding carboxylic acids is 1. The molecule has 38 heavy (non-hydrogen) atoms. The van der Waals surface area contributed by atoms with E-state index >= 15 is 4.39 Å². The number of carboxylic acids is 1. The molecule has 3 aromatic carbocycles. The zero-order valence-electron chi connectivity index (χ0n) is 21.3. The Bertz CT molecular complexity index is 1550. The number of fused-ring (bicyclic) bond motifs is 1. The molecular formula is C28H25Cl2FN2O4S. The lowest BCUT2D eigenvalue weighted by Gasteiger charge is -2.28. The molecule has 1 atom stereocenters. The Morgan fingerprint density at radius 3 is 2.37 bits per heavy atom. The highest BCUT2D eigenvalue weighted by molar-refractivity contribution is 7.21. The molecule has 10 heteroatoms. The molecule has 0 bridgehead atoms. The number of rotatable bonds is 6. The molecule has 0 radical (unpaired) electrons. The first-order valence-corrected chi connectivity index (χ1v) is 13.2. The molecule has 198 valence electrons. The quantitative estimate of drug-likeness (QED) is 0.253. The summed E-state index contributed by atoms with van der Waals surface area (Å²) in [5.74, 6) is -2.46. The minimum absolute atomic E-state index is 0.0379. The number of carbonyl (C=O) groups is 2. The van der Waals surface area contributed by atoms with Crippen molar-refractivity contribution >= 4 is 62.3 Å². The normalized spacial score (nSPS) is 12.5. The third kappa shape index (κ3) is 5.40. The average Bonchev–Trinajstić information content (AvgIpc) is 3.30. The number of nitrogens with zero attached hydrogens (tertiary/aromatic N) is 2. The van der Waals surface area contributed by atoms with E-state index in [2.05, 4.69) is 4.98 Å². The molecule has 0 aliphatic rings. The molecule has 0 saturated carbocycles. The molecule has 1 amide bonds. The molecule has 0 aliphatic heterocycles. The van der Waals surface area contributed by atoms with Crippen molar-refractivity contribution in [1.29, 1.82) is 0 Å².